The zero-order valence-corrected chi connectivity index (χ0v) is 10.4. The molecular formula is CH8O2SnZn. The van der Waals surface area contributed by atoms with Crippen LogP contribution in [0.4, 0.5) is 0 Å². The van der Waals surface area contributed by atoms with E-state index in [1.807, 2.05) is 0 Å². The van der Waals surface area contributed by atoms with Crippen LogP contribution < -0.4 is 0 Å². The third-order valence-electron chi connectivity index (χ3n) is 0. The monoisotopic (exact) mass is 236 g/mol. The van der Waals surface area contributed by atoms with Crippen LogP contribution in [-0.2, 0) is 19.5 Å². The van der Waals surface area contributed by atoms with E-state index < -0.39 is 0 Å². The quantitative estimate of drug-likeness (QED) is 0.480. The molecule has 5 heavy (non-hydrogen) atoms. The second kappa shape index (κ2) is 55.9. The Labute approximate surface area is 61.0 Å². The fraction of sp³-hybridized carbons (Fsp3) is 1.00. The summed E-state index contributed by atoms with van der Waals surface area (Å²) in [5.41, 5.74) is 0. The van der Waals surface area contributed by atoms with Crippen molar-refractivity contribution in [3.63, 3.8) is 0 Å². The summed E-state index contributed by atoms with van der Waals surface area (Å²) in [6.07, 6.45) is 0. The SMILES string of the molecule is CO.O.[SnH2].[Zn]. The van der Waals surface area contributed by atoms with E-state index in [2.05, 4.69) is 0 Å². The van der Waals surface area contributed by atoms with Crippen LogP contribution >= 0.6 is 0 Å². The van der Waals surface area contributed by atoms with Gasteiger partial charge in [-0.25, -0.2) is 0 Å². The molecule has 0 aliphatic carbocycles. The molecule has 0 rings (SSSR count). The Morgan fingerprint density at radius 2 is 1.20 bits per heavy atom. The first kappa shape index (κ1) is 33.0. The van der Waals surface area contributed by atoms with E-state index >= 15 is 0 Å². The maximum Gasteiger partial charge on any atom is 0 e. The standard InChI is InChI=1S/CH4O.H2O.Sn.Zn.2H/c1-2;;;;;/h2H,1H3;1H2;;;;. The molecular weight excluding hydrogens is 228 g/mol. The molecule has 0 amide bonds. The van der Waals surface area contributed by atoms with Gasteiger partial charge in [0.25, 0.3) is 0 Å². The van der Waals surface area contributed by atoms with Crippen molar-refractivity contribution in [3.8, 4) is 0 Å². The van der Waals surface area contributed by atoms with E-state index in [1.165, 1.54) is 0 Å². The van der Waals surface area contributed by atoms with Gasteiger partial charge in [-0.1, -0.05) is 0 Å². The number of hydrogen-bond acceptors (Lipinski definition) is 1. The first-order valence-corrected chi connectivity index (χ1v) is 0.447. The van der Waals surface area contributed by atoms with Gasteiger partial charge in [-0.05, 0) is 0 Å². The molecule has 0 unspecified atom stereocenters. The molecule has 0 aliphatic heterocycles. The molecule has 0 bridgehead atoms. The minimum atomic E-state index is 0. The van der Waals surface area contributed by atoms with Crippen LogP contribution in [0.3, 0.4) is 0 Å². The van der Waals surface area contributed by atoms with Crippen molar-refractivity contribution >= 4 is 23.9 Å². The van der Waals surface area contributed by atoms with E-state index in [4.69, 9.17) is 5.11 Å². The van der Waals surface area contributed by atoms with Crippen molar-refractivity contribution in [2.45, 2.75) is 0 Å². The Morgan fingerprint density at radius 1 is 1.20 bits per heavy atom. The molecule has 0 saturated heterocycles. The fourth-order valence-electron chi connectivity index (χ4n) is 0. The zero-order valence-electron chi connectivity index (χ0n) is 3.36. The molecule has 30 valence electrons. The fourth-order valence-corrected chi connectivity index (χ4v) is 0. The summed E-state index contributed by atoms with van der Waals surface area (Å²) in [6, 6.07) is 0. The summed E-state index contributed by atoms with van der Waals surface area (Å²) in [5, 5.41) is 7.00. The molecule has 4 heteroatoms. The second-order valence-electron chi connectivity index (χ2n) is 0. The average Bonchev–Trinajstić information content (AvgIpc) is 1.00. The number of aliphatic hydroxyl groups excluding tert-OH is 1. The van der Waals surface area contributed by atoms with Crippen LogP contribution in [0.5, 0.6) is 0 Å². The number of rotatable bonds is 0. The molecule has 0 atom stereocenters. The molecule has 0 aromatic rings. The Bertz CT molecular complexity index is 9.61. The van der Waals surface area contributed by atoms with Crippen molar-refractivity contribution in [2.24, 2.45) is 0 Å². The van der Waals surface area contributed by atoms with Crippen molar-refractivity contribution < 1.29 is 30.1 Å². The van der Waals surface area contributed by atoms with Crippen LogP contribution in [0.25, 0.3) is 0 Å². The van der Waals surface area contributed by atoms with E-state index in [-0.39, 0.29) is 48.9 Å². The van der Waals surface area contributed by atoms with Crippen molar-refractivity contribution in [1.29, 1.82) is 0 Å². The number of hydrogen-bond donors (Lipinski definition) is 1. The molecule has 0 aromatic heterocycles. The van der Waals surface area contributed by atoms with Gasteiger partial charge in [-0.3, -0.25) is 0 Å². The summed E-state index contributed by atoms with van der Waals surface area (Å²) in [5.74, 6) is 0. The van der Waals surface area contributed by atoms with Gasteiger partial charge in [-0.15, -0.1) is 0 Å². The Morgan fingerprint density at radius 3 is 1.20 bits per heavy atom. The van der Waals surface area contributed by atoms with Gasteiger partial charge >= 0.3 is 23.9 Å². The third-order valence-corrected chi connectivity index (χ3v) is 0. The van der Waals surface area contributed by atoms with Gasteiger partial charge in [0, 0.05) is 26.6 Å². The predicted octanol–water partition coefficient (Wildman–Crippen LogP) is -2.13. The van der Waals surface area contributed by atoms with E-state index in [0.717, 1.165) is 7.11 Å². The van der Waals surface area contributed by atoms with Crippen LogP contribution in [0, 0.1) is 0 Å². The summed E-state index contributed by atoms with van der Waals surface area (Å²) in [7, 11) is 1.00. The Balaban J connectivity index is -0.00000000167. The zero-order chi connectivity index (χ0) is 2.00. The van der Waals surface area contributed by atoms with Gasteiger partial charge in [-0.2, -0.15) is 0 Å². The summed E-state index contributed by atoms with van der Waals surface area (Å²) in [6.45, 7) is 0. The van der Waals surface area contributed by atoms with Gasteiger partial charge in [0.15, 0.2) is 0 Å². The largest absolute Gasteiger partial charge is 0 e. The molecule has 0 aliphatic rings. The first-order chi connectivity index (χ1) is 1.00. The van der Waals surface area contributed by atoms with Crippen molar-refractivity contribution in [2.75, 3.05) is 7.11 Å². The molecule has 2 nitrogen and oxygen atoms in total. The normalized spacial score (nSPS) is 1.20. The molecule has 3 N–H and O–H groups in total. The summed E-state index contributed by atoms with van der Waals surface area (Å²) < 4.78 is 0. The molecule has 0 heterocycles. The maximum absolute atomic E-state index is 7.00. The van der Waals surface area contributed by atoms with Crippen molar-refractivity contribution in [1.82, 2.24) is 0 Å². The van der Waals surface area contributed by atoms with Crippen molar-refractivity contribution in [3.05, 3.63) is 0 Å². The van der Waals surface area contributed by atoms with Crippen LogP contribution in [-0.4, -0.2) is 41.6 Å². The predicted molar refractivity (Wildman–Crippen MR) is 20.3 cm³/mol. The first-order valence-electron chi connectivity index (χ1n) is 0.447. The topological polar surface area (TPSA) is 51.7 Å². The van der Waals surface area contributed by atoms with Crippen LogP contribution in [0.15, 0.2) is 0 Å². The summed E-state index contributed by atoms with van der Waals surface area (Å²) >= 11 is 0. The molecule has 0 saturated carbocycles. The minimum absolute atomic E-state index is 0. The van der Waals surface area contributed by atoms with E-state index in [9.17, 15) is 0 Å². The number of aliphatic hydroxyl groups is 1. The average molecular weight is 236 g/mol. The third kappa shape index (κ3) is 33.1. The second-order valence-corrected chi connectivity index (χ2v) is 0. The van der Waals surface area contributed by atoms with Gasteiger partial charge in [0.1, 0.15) is 0 Å². The molecule has 0 spiro atoms. The molecule has 2 radical (unpaired) electrons. The Kier molecular flexibility index (Phi) is 369. The minimum Gasteiger partial charge on any atom is 0 e. The Hall–Kier alpha value is 1.34. The smallest absolute Gasteiger partial charge is 0 e. The van der Waals surface area contributed by atoms with E-state index in [0.29, 0.717) is 0 Å². The molecule has 0 fully saturated rings. The van der Waals surface area contributed by atoms with Gasteiger partial charge in [0.2, 0.25) is 0 Å². The maximum atomic E-state index is 7.00. The van der Waals surface area contributed by atoms with Gasteiger partial charge in [0.05, 0.1) is 0 Å². The van der Waals surface area contributed by atoms with Crippen LogP contribution in [0.2, 0.25) is 0 Å². The molecule has 0 aromatic carbocycles. The van der Waals surface area contributed by atoms with E-state index in [1.54, 1.807) is 0 Å². The summed E-state index contributed by atoms with van der Waals surface area (Å²) in [4.78, 5) is 0. The van der Waals surface area contributed by atoms with Crippen LogP contribution in [0.1, 0.15) is 0 Å². The van der Waals surface area contributed by atoms with Gasteiger partial charge < -0.3 is 10.6 Å².